The highest BCUT2D eigenvalue weighted by atomic mass is 16.6. The SMILES string of the molecule is COc1ccc(NC(=O)C2CC(c3cc(OC)c(OC)c(OC)c3)=NO2)cc1. The number of benzene rings is 2. The van der Waals surface area contributed by atoms with E-state index in [0.29, 0.717) is 40.8 Å². The van der Waals surface area contributed by atoms with Gasteiger partial charge in [0.05, 0.1) is 34.2 Å². The summed E-state index contributed by atoms with van der Waals surface area (Å²) in [6.45, 7) is 0. The fraction of sp³-hybridized carbons (Fsp3) is 0.300. The number of anilines is 1. The van der Waals surface area contributed by atoms with E-state index in [1.807, 2.05) is 0 Å². The molecule has 148 valence electrons. The van der Waals surface area contributed by atoms with Crippen molar-refractivity contribution in [3.63, 3.8) is 0 Å². The second-order valence-corrected chi connectivity index (χ2v) is 5.97. The third-order valence-corrected chi connectivity index (χ3v) is 4.32. The zero-order valence-electron chi connectivity index (χ0n) is 16.1. The number of oxime groups is 1. The Labute approximate surface area is 163 Å². The molecule has 0 saturated heterocycles. The van der Waals surface area contributed by atoms with Gasteiger partial charge in [-0.3, -0.25) is 4.79 Å². The summed E-state index contributed by atoms with van der Waals surface area (Å²) in [5.41, 5.74) is 2.00. The van der Waals surface area contributed by atoms with Gasteiger partial charge in [-0.2, -0.15) is 0 Å². The molecule has 0 aliphatic carbocycles. The van der Waals surface area contributed by atoms with Crippen LogP contribution < -0.4 is 24.3 Å². The molecule has 0 radical (unpaired) electrons. The van der Waals surface area contributed by atoms with Gasteiger partial charge >= 0.3 is 0 Å². The average molecular weight is 386 g/mol. The summed E-state index contributed by atoms with van der Waals surface area (Å²) in [6, 6.07) is 10.6. The Morgan fingerprint density at radius 2 is 1.64 bits per heavy atom. The standard InChI is InChI=1S/C20H22N2O6/c1-24-14-7-5-13(6-8-14)21-20(23)18-11-15(22-28-18)12-9-16(25-2)19(27-4)17(10-12)26-3/h5-10,18H,11H2,1-4H3,(H,21,23). The molecule has 0 spiro atoms. The number of ether oxygens (including phenoxy) is 4. The van der Waals surface area contributed by atoms with E-state index in [0.717, 1.165) is 5.56 Å². The molecule has 1 unspecified atom stereocenters. The molecule has 1 aliphatic heterocycles. The van der Waals surface area contributed by atoms with Gasteiger partial charge < -0.3 is 29.1 Å². The summed E-state index contributed by atoms with van der Waals surface area (Å²) in [5.74, 6) is 1.93. The van der Waals surface area contributed by atoms with E-state index in [9.17, 15) is 4.79 Å². The van der Waals surface area contributed by atoms with Crippen molar-refractivity contribution in [1.29, 1.82) is 0 Å². The predicted octanol–water partition coefficient (Wildman–Crippen LogP) is 2.85. The van der Waals surface area contributed by atoms with E-state index in [4.69, 9.17) is 23.8 Å². The zero-order valence-corrected chi connectivity index (χ0v) is 16.1. The number of amides is 1. The molecular formula is C20H22N2O6. The van der Waals surface area contributed by atoms with Crippen LogP contribution in [0.2, 0.25) is 0 Å². The molecule has 28 heavy (non-hydrogen) atoms. The van der Waals surface area contributed by atoms with Crippen molar-refractivity contribution in [2.75, 3.05) is 33.8 Å². The lowest BCUT2D eigenvalue weighted by molar-refractivity contribution is -0.125. The normalized spacial score (nSPS) is 15.3. The molecule has 1 heterocycles. The lowest BCUT2D eigenvalue weighted by atomic mass is 10.0. The monoisotopic (exact) mass is 386 g/mol. The highest BCUT2D eigenvalue weighted by Crippen LogP contribution is 2.39. The van der Waals surface area contributed by atoms with Gasteiger partial charge in [0.15, 0.2) is 11.5 Å². The van der Waals surface area contributed by atoms with Gasteiger partial charge in [0, 0.05) is 17.7 Å². The smallest absolute Gasteiger partial charge is 0.268 e. The molecule has 3 rings (SSSR count). The van der Waals surface area contributed by atoms with Crippen LogP contribution in [0.3, 0.4) is 0 Å². The second kappa shape index (κ2) is 8.51. The molecule has 0 bridgehead atoms. The number of hydrogen-bond acceptors (Lipinski definition) is 7. The molecule has 8 heteroatoms. The van der Waals surface area contributed by atoms with Crippen molar-refractivity contribution in [3.8, 4) is 23.0 Å². The van der Waals surface area contributed by atoms with Crippen LogP contribution in [0.4, 0.5) is 5.69 Å². The molecule has 2 aromatic rings. The number of carbonyl (C=O) groups excluding carboxylic acids is 1. The fourth-order valence-corrected chi connectivity index (χ4v) is 2.83. The Bertz CT molecular complexity index is 854. The summed E-state index contributed by atoms with van der Waals surface area (Å²) >= 11 is 0. The number of carbonyl (C=O) groups is 1. The van der Waals surface area contributed by atoms with Crippen molar-refractivity contribution in [2.45, 2.75) is 12.5 Å². The second-order valence-electron chi connectivity index (χ2n) is 5.97. The van der Waals surface area contributed by atoms with E-state index in [1.54, 1.807) is 57.7 Å². The molecule has 1 aliphatic rings. The van der Waals surface area contributed by atoms with Crippen LogP contribution in [0.1, 0.15) is 12.0 Å². The number of methoxy groups -OCH3 is 4. The van der Waals surface area contributed by atoms with Crippen molar-refractivity contribution < 1.29 is 28.6 Å². The first-order chi connectivity index (χ1) is 13.6. The Hall–Kier alpha value is -3.42. The van der Waals surface area contributed by atoms with Crippen molar-refractivity contribution >= 4 is 17.3 Å². The average Bonchev–Trinajstić information content (AvgIpc) is 3.23. The summed E-state index contributed by atoms with van der Waals surface area (Å²) in [4.78, 5) is 17.8. The topological polar surface area (TPSA) is 87.6 Å². The van der Waals surface area contributed by atoms with E-state index in [1.165, 1.54) is 7.11 Å². The number of hydrogen-bond donors (Lipinski definition) is 1. The summed E-state index contributed by atoms with van der Waals surface area (Å²) in [7, 11) is 6.20. The predicted molar refractivity (Wildman–Crippen MR) is 104 cm³/mol. The molecule has 1 amide bonds. The third kappa shape index (κ3) is 3.95. The molecule has 8 nitrogen and oxygen atoms in total. The van der Waals surface area contributed by atoms with Gasteiger partial charge in [-0.1, -0.05) is 5.16 Å². The van der Waals surface area contributed by atoms with Gasteiger partial charge in [-0.25, -0.2) is 0 Å². The summed E-state index contributed by atoms with van der Waals surface area (Å²) in [5, 5.41) is 6.88. The lowest BCUT2D eigenvalue weighted by Crippen LogP contribution is -2.28. The van der Waals surface area contributed by atoms with E-state index < -0.39 is 6.10 Å². The Morgan fingerprint density at radius 3 is 2.18 bits per heavy atom. The first-order valence-electron chi connectivity index (χ1n) is 8.57. The van der Waals surface area contributed by atoms with Crippen LogP contribution >= 0.6 is 0 Å². The molecular weight excluding hydrogens is 364 g/mol. The molecule has 2 aromatic carbocycles. The maximum Gasteiger partial charge on any atom is 0.268 e. The minimum absolute atomic E-state index is 0.281. The molecule has 0 fully saturated rings. The summed E-state index contributed by atoms with van der Waals surface area (Å²) in [6.07, 6.45) is -0.406. The molecule has 0 aromatic heterocycles. The van der Waals surface area contributed by atoms with E-state index in [-0.39, 0.29) is 5.91 Å². The minimum Gasteiger partial charge on any atom is -0.497 e. The number of rotatable bonds is 7. The number of nitrogens with one attached hydrogen (secondary N) is 1. The van der Waals surface area contributed by atoms with Crippen molar-refractivity contribution in [2.24, 2.45) is 5.16 Å². The highest BCUT2D eigenvalue weighted by Gasteiger charge is 2.30. The molecule has 1 atom stereocenters. The maximum absolute atomic E-state index is 12.5. The Morgan fingerprint density at radius 1 is 1.00 bits per heavy atom. The Balaban J connectivity index is 1.71. The number of nitrogens with zero attached hydrogens (tertiary/aromatic N) is 1. The van der Waals surface area contributed by atoms with Crippen LogP contribution in [0.15, 0.2) is 41.6 Å². The minimum atomic E-state index is -0.726. The highest BCUT2D eigenvalue weighted by molar-refractivity contribution is 6.06. The van der Waals surface area contributed by atoms with Crippen molar-refractivity contribution in [1.82, 2.24) is 0 Å². The van der Waals surface area contributed by atoms with E-state index >= 15 is 0 Å². The first kappa shape index (κ1) is 19.3. The third-order valence-electron chi connectivity index (χ3n) is 4.32. The van der Waals surface area contributed by atoms with Gasteiger partial charge in [0.25, 0.3) is 5.91 Å². The van der Waals surface area contributed by atoms with Crippen LogP contribution in [0.25, 0.3) is 0 Å². The van der Waals surface area contributed by atoms with Gasteiger partial charge in [0.1, 0.15) is 5.75 Å². The van der Waals surface area contributed by atoms with Crippen LogP contribution in [0, 0.1) is 0 Å². The molecule has 1 N–H and O–H groups in total. The van der Waals surface area contributed by atoms with Gasteiger partial charge in [-0.15, -0.1) is 0 Å². The van der Waals surface area contributed by atoms with Crippen molar-refractivity contribution in [3.05, 3.63) is 42.0 Å². The fourth-order valence-electron chi connectivity index (χ4n) is 2.83. The van der Waals surface area contributed by atoms with Crippen LogP contribution in [-0.2, 0) is 9.63 Å². The summed E-state index contributed by atoms with van der Waals surface area (Å²) < 4.78 is 21.2. The first-order valence-corrected chi connectivity index (χ1v) is 8.57. The lowest BCUT2D eigenvalue weighted by Gasteiger charge is -2.14. The van der Waals surface area contributed by atoms with Gasteiger partial charge in [-0.05, 0) is 36.4 Å². The quantitative estimate of drug-likeness (QED) is 0.787. The van der Waals surface area contributed by atoms with Crippen LogP contribution in [-0.4, -0.2) is 46.2 Å². The maximum atomic E-state index is 12.5. The van der Waals surface area contributed by atoms with E-state index in [2.05, 4.69) is 10.5 Å². The van der Waals surface area contributed by atoms with Gasteiger partial charge in [0.2, 0.25) is 11.9 Å². The largest absolute Gasteiger partial charge is 0.497 e. The zero-order chi connectivity index (χ0) is 20.1. The molecule has 0 saturated carbocycles. The van der Waals surface area contributed by atoms with Crippen LogP contribution in [0.5, 0.6) is 23.0 Å². The Kier molecular flexibility index (Phi) is 5.88.